The second-order valence-corrected chi connectivity index (χ2v) is 3.96. The van der Waals surface area contributed by atoms with Gasteiger partial charge in [0.1, 0.15) is 11.2 Å². The molecule has 1 heterocycles. The highest BCUT2D eigenvalue weighted by molar-refractivity contribution is 5.76. The molecule has 84 valence electrons. The lowest BCUT2D eigenvalue weighted by molar-refractivity contribution is 0.612. The summed E-state index contributed by atoms with van der Waals surface area (Å²) in [6.45, 7) is 1.96. The molecule has 3 nitrogen and oxygen atoms in total. The van der Waals surface area contributed by atoms with Gasteiger partial charge in [0.2, 0.25) is 0 Å². The summed E-state index contributed by atoms with van der Waals surface area (Å²) in [7, 11) is 0. The topological polar surface area (TPSA) is 43.1 Å². The van der Waals surface area contributed by atoms with Crippen molar-refractivity contribution in [3.8, 4) is 11.5 Å². The van der Waals surface area contributed by atoms with E-state index in [-0.39, 0.29) is 5.43 Å². The normalized spacial score (nSPS) is 11.1. The Kier molecular flexibility index (Phi) is 2.18. The number of aromatic nitrogens is 1. The lowest BCUT2D eigenvalue weighted by Crippen LogP contribution is -2.08. The number of para-hydroxylation sites is 2. The number of rotatable bonds is 1. The van der Waals surface area contributed by atoms with Gasteiger partial charge >= 0.3 is 0 Å². The van der Waals surface area contributed by atoms with Crippen LogP contribution in [0, 0.1) is 0 Å². The molecule has 3 heteroatoms. The number of benzene rings is 2. The maximum atomic E-state index is 11.7. The number of nitrogens with zero attached hydrogens (tertiary/aromatic N) is 1. The van der Waals surface area contributed by atoms with E-state index in [4.69, 9.17) is 4.42 Å². The number of fused-ring (bicyclic) bond motifs is 2. The molecule has 0 amide bonds. The average molecular weight is 225 g/mol. The van der Waals surface area contributed by atoms with Gasteiger partial charge in [-0.2, -0.15) is 0 Å². The molecular weight excluding hydrogens is 214 g/mol. The van der Waals surface area contributed by atoms with Gasteiger partial charge in [0.15, 0.2) is 16.8 Å². The minimum Gasteiger partial charge on any atom is -0.453 e. The largest absolute Gasteiger partial charge is 0.453 e. The monoisotopic (exact) mass is 225 g/mol. The van der Waals surface area contributed by atoms with Crippen LogP contribution in [0.5, 0.6) is 0 Å². The van der Waals surface area contributed by atoms with Crippen molar-refractivity contribution in [2.24, 2.45) is 0 Å². The SMILES string of the molecule is CCc1cc2nc3ccccc3oc-2cc1=O. The van der Waals surface area contributed by atoms with E-state index in [1.54, 1.807) is 0 Å². The predicted molar refractivity (Wildman–Crippen MR) is 66.3 cm³/mol. The smallest absolute Gasteiger partial charge is 0.185 e. The Bertz CT molecular complexity index is 715. The molecule has 0 atom stereocenters. The standard InChI is InChI=1S/C14H11NO2/c1-2-9-7-11-14(8-12(9)16)17-13-6-4-3-5-10(13)15-11/h3-8H,2H2,1H3. The van der Waals surface area contributed by atoms with Gasteiger partial charge in [0.05, 0.1) is 0 Å². The average Bonchev–Trinajstić information content (AvgIpc) is 2.35. The van der Waals surface area contributed by atoms with Gasteiger partial charge in [-0.15, -0.1) is 0 Å². The molecule has 0 aromatic heterocycles. The Morgan fingerprint density at radius 1 is 1.24 bits per heavy atom. The first kappa shape index (κ1) is 10.0. The van der Waals surface area contributed by atoms with Crippen LogP contribution in [-0.4, -0.2) is 4.98 Å². The van der Waals surface area contributed by atoms with E-state index in [0.717, 1.165) is 16.8 Å². The Labute approximate surface area is 98.1 Å². The van der Waals surface area contributed by atoms with Gasteiger partial charge in [0.25, 0.3) is 0 Å². The molecule has 17 heavy (non-hydrogen) atoms. The summed E-state index contributed by atoms with van der Waals surface area (Å²) in [6.07, 6.45) is 0.712. The van der Waals surface area contributed by atoms with Gasteiger partial charge in [-0.3, -0.25) is 4.79 Å². The molecule has 0 fully saturated rings. The van der Waals surface area contributed by atoms with E-state index >= 15 is 0 Å². The molecule has 1 aromatic carbocycles. The zero-order valence-electron chi connectivity index (χ0n) is 9.43. The zero-order valence-corrected chi connectivity index (χ0v) is 9.43. The molecule has 0 saturated carbocycles. The van der Waals surface area contributed by atoms with Crippen LogP contribution in [0.2, 0.25) is 0 Å². The highest BCUT2D eigenvalue weighted by atomic mass is 16.3. The van der Waals surface area contributed by atoms with E-state index in [1.165, 1.54) is 6.07 Å². The van der Waals surface area contributed by atoms with E-state index in [9.17, 15) is 4.79 Å². The first-order valence-electron chi connectivity index (χ1n) is 5.60. The number of hydrogen-bond acceptors (Lipinski definition) is 3. The number of hydrogen-bond donors (Lipinski definition) is 0. The molecule has 3 rings (SSSR count). The molecule has 1 aliphatic carbocycles. The molecule has 1 aromatic rings. The third kappa shape index (κ3) is 1.60. The summed E-state index contributed by atoms with van der Waals surface area (Å²) in [5.74, 6) is 0.547. The van der Waals surface area contributed by atoms with Gasteiger partial charge in [0, 0.05) is 11.6 Å². The lowest BCUT2D eigenvalue weighted by atomic mass is 10.1. The fourth-order valence-electron chi connectivity index (χ4n) is 1.92. The van der Waals surface area contributed by atoms with Crippen LogP contribution in [0.15, 0.2) is 45.6 Å². The molecule has 0 N–H and O–H groups in total. The Balaban J connectivity index is 2.41. The van der Waals surface area contributed by atoms with E-state index in [0.29, 0.717) is 17.8 Å². The summed E-state index contributed by atoms with van der Waals surface area (Å²) in [4.78, 5) is 16.2. The van der Waals surface area contributed by atoms with Crippen molar-refractivity contribution >= 4 is 11.1 Å². The minimum atomic E-state index is 0.0147. The Morgan fingerprint density at radius 2 is 2.06 bits per heavy atom. The maximum Gasteiger partial charge on any atom is 0.185 e. The molecule has 0 unspecified atom stereocenters. The number of aryl methyl sites for hydroxylation is 1. The van der Waals surface area contributed by atoms with Crippen molar-refractivity contribution < 1.29 is 4.42 Å². The summed E-state index contributed by atoms with van der Waals surface area (Å²) in [5, 5.41) is 0. The highest BCUT2D eigenvalue weighted by Gasteiger charge is 2.11. The Morgan fingerprint density at radius 3 is 2.88 bits per heavy atom. The predicted octanol–water partition coefficient (Wildman–Crippen LogP) is 2.86. The van der Waals surface area contributed by atoms with Crippen molar-refractivity contribution in [3.05, 3.63) is 52.2 Å². The van der Waals surface area contributed by atoms with Crippen molar-refractivity contribution in [1.82, 2.24) is 4.98 Å². The van der Waals surface area contributed by atoms with Crippen LogP contribution >= 0.6 is 0 Å². The van der Waals surface area contributed by atoms with E-state index in [1.807, 2.05) is 37.3 Å². The Hall–Kier alpha value is -2.16. The fraction of sp³-hybridized carbons (Fsp3) is 0.143. The van der Waals surface area contributed by atoms with E-state index in [2.05, 4.69) is 4.98 Å². The summed E-state index contributed by atoms with van der Waals surface area (Å²) >= 11 is 0. The summed E-state index contributed by atoms with van der Waals surface area (Å²) in [5.41, 5.74) is 3.03. The summed E-state index contributed by atoms with van der Waals surface area (Å²) < 4.78 is 5.66. The van der Waals surface area contributed by atoms with Crippen LogP contribution in [-0.2, 0) is 6.42 Å². The molecule has 0 spiro atoms. The van der Waals surface area contributed by atoms with Crippen molar-refractivity contribution in [1.29, 1.82) is 0 Å². The van der Waals surface area contributed by atoms with Crippen LogP contribution in [0.25, 0.3) is 22.6 Å². The van der Waals surface area contributed by atoms with Crippen molar-refractivity contribution in [2.75, 3.05) is 0 Å². The third-order valence-corrected chi connectivity index (χ3v) is 2.85. The zero-order chi connectivity index (χ0) is 11.8. The van der Waals surface area contributed by atoms with Crippen LogP contribution < -0.4 is 5.43 Å². The van der Waals surface area contributed by atoms with Crippen LogP contribution in [0.1, 0.15) is 12.5 Å². The van der Waals surface area contributed by atoms with Crippen molar-refractivity contribution in [2.45, 2.75) is 13.3 Å². The third-order valence-electron chi connectivity index (χ3n) is 2.85. The van der Waals surface area contributed by atoms with E-state index < -0.39 is 0 Å². The second-order valence-electron chi connectivity index (χ2n) is 3.96. The van der Waals surface area contributed by atoms with Crippen LogP contribution in [0.4, 0.5) is 0 Å². The van der Waals surface area contributed by atoms with Gasteiger partial charge < -0.3 is 4.42 Å². The molecule has 2 aliphatic rings. The molecule has 1 aliphatic heterocycles. The van der Waals surface area contributed by atoms with Gasteiger partial charge in [-0.25, -0.2) is 4.98 Å². The summed E-state index contributed by atoms with van der Waals surface area (Å²) in [6, 6.07) is 10.9. The molecular formula is C14H11NO2. The molecule has 0 bridgehead atoms. The fourth-order valence-corrected chi connectivity index (χ4v) is 1.92. The first-order valence-corrected chi connectivity index (χ1v) is 5.60. The van der Waals surface area contributed by atoms with Gasteiger partial charge in [-0.1, -0.05) is 19.1 Å². The highest BCUT2D eigenvalue weighted by Crippen LogP contribution is 2.24. The van der Waals surface area contributed by atoms with Gasteiger partial charge in [-0.05, 0) is 24.6 Å². The quantitative estimate of drug-likeness (QED) is 0.598. The maximum absolute atomic E-state index is 11.7. The first-order chi connectivity index (χ1) is 8.28. The van der Waals surface area contributed by atoms with Crippen LogP contribution in [0.3, 0.4) is 0 Å². The lowest BCUT2D eigenvalue weighted by Gasteiger charge is -2.06. The second kappa shape index (κ2) is 3.70. The minimum absolute atomic E-state index is 0.0147. The molecule has 0 radical (unpaired) electrons. The van der Waals surface area contributed by atoms with Crippen molar-refractivity contribution in [3.63, 3.8) is 0 Å². The molecule has 0 saturated heterocycles.